The van der Waals surface area contributed by atoms with Crippen LogP contribution in [0.2, 0.25) is 5.02 Å². The monoisotopic (exact) mass is 392 g/mol. The Kier molecular flexibility index (Phi) is 7.25. The molecule has 1 aromatic carbocycles. The fourth-order valence-electron chi connectivity index (χ4n) is 3.60. The Balaban J connectivity index is 1.41. The van der Waals surface area contributed by atoms with Gasteiger partial charge in [0.2, 0.25) is 0 Å². The van der Waals surface area contributed by atoms with E-state index in [1.54, 1.807) is 0 Å². The van der Waals surface area contributed by atoms with Crippen molar-refractivity contribution in [2.45, 2.75) is 26.2 Å². The maximum absolute atomic E-state index is 6.19. The van der Waals surface area contributed by atoms with Crippen molar-refractivity contribution in [3.8, 4) is 0 Å². The quantitative estimate of drug-likeness (QED) is 0.418. The minimum Gasteiger partial charge on any atom is -0.379 e. The topological polar surface area (TPSA) is 40.1 Å². The van der Waals surface area contributed by atoms with Crippen LogP contribution in [0.4, 0.5) is 5.69 Å². The van der Waals surface area contributed by atoms with Crippen LogP contribution in [0.1, 0.15) is 24.8 Å². The molecule has 1 aromatic rings. The zero-order chi connectivity index (χ0) is 19.2. The van der Waals surface area contributed by atoms with Gasteiger partial charge in [-0.05, 0) is 55.7 Å². The molecule has 1 saturated carbocycles. The van der Waals surface area contributed by atoms with Gasteiger partial charge in [-0.1, -0.05) is 17.7 Å². The SMILES string of the molecule is CN=C(NCC1CCN(c2cc(Cl)ccc2C)C1)N(C)CCOCC1CC1. The summed E-state index contributed by atoms with van der Waals surface area (Å²) < 4.78 is 5.74. The van der Waals surface area contributed by atoms with Crippen molar-refractivity contribution in [1.82, 2.24) is 10.2 Å². The molecule has 1 aliphatic carbocycles. The Bertz CT molecular complexity index is 647. The Morgan fingerprint density at radius 3 is 2.89 bits per heavy atom. The second kappa shape index (κ2) is 9.65. The summed E-state index contributed by atoms with van der Waals surface area (Å²) in [6.45, 7) is 7.77. The van der Waals surface area contributed by atoms with Crippen LogP contribution in [-0.4, -0.2) is 64.3 Å². The number of likely N-dealkylation sites (N-methyl/N-ethyl adjacent to an activating group) is 1. The van der Waals surface area contributed by atoms with Crippen molar-refractivity contribution in [3.05, 3.63) is 28.8 Å². The van der Waals surface area contributed by atoms with Gasteiger partial charge in [0, 0.05) is 57.6 Å². The molecule has 2 fully saturated rings. The lowest BCUT2D eigenvalue weighted by Crippen LogP contribution is -2.42. The van der Waals surface area contributed by atoms with E-state index >= 15 is 0 Å². The molecular formula is C21H33ClN4O. The van der Waals surface area contributed by atoms with Gasteiger partial charge in [-0.3, -0.25) is 4.99 Å². The van der Waals surface area contributed by atoms with Crippen LogP contribution < -0.4 is 10.2 Å². The maximum atomic E-state index is 6.19. The lowest BCUT2D eigenvalue weighted by Gasteiger charge is -2.24. The molecular weight excluding hydrogens is 360 g/mol. The standard InChI is InChI=1S/C21H33ClN4O/c1-16-4-7-19(22)12-20(16)26-9-8-18(14-26)13-24-21(23-2)25(3)10-11-27-15-17-5-6-17/h4,7,12,17-18H,5-6,8-11,13-15H2,1-3H3,(H,23,24). The van der Waals surface area contributed by atoms with Gasteiger partial charge in [-0.15, -0.1) is 0 Å². The molecule has 6 heteroatoms. The van der Waals surface area contributed by atoms with Crippen molar-refractivity contribution in [1.29, 1.82) is 0 Å². The molecule has 2 aliphatic rings. The third-order valence-electron chi connectivity index (χ3n) is 5.54. The van der Waals surface area contributed by atoms with Crippen LogP contribution in [0.3, 0.4) is 0 Å². The fourth-order valence-corrected chi connectivity index (χ4v) is 3.77. The third-order valence-corrected chi connectivity index (χ3v) is 5.78. The maximum Gasteiger partial charge on any atom is 0.193 e. The number of aryl methyl sites for hydroxylation is 1. The summed E-state index contributed by atoms with van der Waals surface area (Å²) in [5, 5.41) is 4.35. The van der Waals surface area contributed by atoms with E-state index in [1.165, 1.54) is 30.5 Å². The molecule has 1 heterocycles. The Morgan fingerprint density at radius 2 is 2.15 bits per heavy atom. The largest absolute Gasteiger partial charge is 0.379 e. The first kappa shape index (κ1) is 20.3. The number of hydrogen-bond acceptors (Lipinski definition) is 3. The molecule has 1 unspecified atom stereocenters. The molecule has 1 atom stereocenters. The van der Waals surface area contributed by atoms with Gasteiger partial charge in [0.05, 0.1) is 6.61 Å². The van der Waals surface area contributed by atoms with Gasteiger partial charge < -0.3 is 19.9 Å². The van der Waals surface area contributed by atoms with E-state index in [4.69, 9.17) is 16.3 Å². The van der Waals surface area contributed by atoms with Crippen LogP contribution in [0.25, 0.3) is 0 Å². The van der Waals surface area contributed by atoms with E-state index in [9.17, 15) is 0 Å². The van der Waals surface area contributed by atoms with Crippen LogP contribution in [0.15, 0.2) is 23.2 Å². The number of nitrogens with one attached hydrogen (secondary N) is 1. The lowest BCUT2D eigenvalue weighted by atomic mass is 10.1. The second-order valence-corrected chi connectivity index (χ2v) is 8.34. The van der Waals surface area contributed by atoms with E-state index in [0.717, 1.165) is 56.3 Å². The summed E-state index contributed by atoms with van der Waals surface area (Å²) in [6.07, 6.45) is 3.86. The van der Waals surface area contributed by atoms with E-state index in [2.05, 4.69) is 46.2 Å². The van der Waals surface area contributed by atoms with E-state index < -0.39 is 0 Å². The van der Waals surface area contributed by atoms with Crippen LogP contribution in [0.5, 0.6) is 0 Å². The Morgan fingerprint density at radius 1 is 1.33 bits per heavy atom. The van der Waals surface area contributed by atoms with Gasteiger partial charge in [0.15, 0.2) is 5.96 Å². The number of guanidine groups is 1. The predicted molar refractivity (Wildman–Crippen MR) is 114 cm³/mol. The summed E-state index contributed by atoms with van der Waals surface area (Å²) in [7, 11) is 3.92. The number of halogens is 1. The molecule has 0 amide bonds. The zero-order valence-electron chi connectivity index (χ0n) is 16.9. The highest BCUT2D eigenvalue weighted by Gasteiger charge is 2.24. The van der Waals surface area contributed by atoms with Gasteiger partial charge >= 0.3 is 0 Å². The number of nitrogens with zero attached hydrogens (tertiary/aromatic N) is 3. The van der Waals surface area contributed by atoms with Crippen molar-refractivity contribution in [3.63, 3.8) is 0 Å². The Hall–Kier alpha value is -1.46. The van der Waals surface area contributed by atoms with Crippen LogP contribution in [0, 0.1) is 18.8 Å². The highest BCUT2D eigenvalue weighted by atomic mass is 35.5. The first-order valence-corrected chi connectivity index (χ1v) is 10.4. The molecule has 1 saturated heterocycles. The van der Waals surface area contributed by atoms with Crippen molar-refractivity contribution >= 4 is 23.2 Å². The van der Waals surface area contributed by atoms with E-state index in [0.29, 0.717) is 5.92 Å². The summed E-state index contributed by atoms with van der Waals surface area (Å²) in [4.78, 5) is 9.03. The smallest absolute Gasteiger partial charge is 0.193 e. The summed E-state index contributed by atoms with van der Waals surface area (Å²) >= 11 is 6.19. The molecule has 0 radical (unpaired) electrons. The highest BCUT2D eigenvalue weighted by Crippen LogP contribution is 2.29. The first-order chi connectivity index (χ1) is 13.1. The minimum absolute atomic E-state index is 0.611. The molecule has 150 valence electrons. The van der Waals surface area contributed by atoms with Crippen molar-refractivity contribution < 1.29 is 4.74 Å². The number of ether oxygens (including phenoxy) is 1. The summed E-state index contributed by atoms with van der Waals surface area (Å²) in [5.74, 6) is 2.38. The normalized spacial score (nSPS) is 20.2. The van der Waals surface area contributed by atoms with Crippen LogP contribution in [-0.2, 0) is 4.74 Å². The van der Waals surface area contributed by atoms with E-state index in [-0.39, 0.29) is 0 Å². The molecule has 0 aromatic heterocycles. The molecule has 3 rings (SSSR count). The average molecular weight is 393 g/mol. The summed E-state index contributed by atoms with van der Waals surface area (Å²) in [6, 6.07) is 6.15. The molecule has 1 aliphatic heterocycles. The first-order valence-electron chi connectivity index (χ1n) is 10.1. The number of anilines is 1. The molecule has 5 nitrogen and oxygen atoms in total. The summed E-state index contributed by atoms with van der Waals surface area (Å²) in [5.41, 5.74) is 2.55. The molecule has 0 bridgehead atoms. The van der Waals surface area contributed by atoms with E-state index in [1.807, 2.05) is 13.1 Å². The van der Waals surface area contributed by atoms with Gasteiger partial charge in [0.1, 0.15) is 0 Å². The van der Waals surface area contributed by atoms with Crippen molar-refractivity contribution in [2.75, 3.05) is 58.4 Å². The predicted octanol–water partition coefficient (Wildman–Crippen LogP) is 3.41. The van der Waals surface area contributed by atoms with Gasteiger partial charge in [-0.2, -0.15) is 0 Å². The number of aliphatic imine (C=N–C) groups is 1. The third kappa shape index (κ3) is 6.01. The molecule has 0 spiro atoms. The van der Waals surface area contributed by atoms with Gasteiger partial charge in [0.25, 0.3) is 0 Å². The zero-order valence-corrected chi connectivity index (χ0v) is 17.6. The van der Waals surface area contributed by atoms with Gasteiger partial charge in [-0.25, -0.2) is 0 Å². The minimum atomic E-state index is 0.611. The molecule has 1 N–H and O–H groups in total. The highest BCUT2D eigenvalue weighted by molar-refractivity contribution is 6.30. The fraction of sp³-hybridized carbons (Fsp3) is 0.667. The number of benzene rings is 1. The second-order valence-electron chi connectivity index (χ2n) is 7.90. The number of hydrogen-bond donors (Lipinski definition) is 1. The Labute approximate surface area is 168 Å². The van der Waals surface area contributed by atoms with Crippen LogP contribution >= 0.6 is 11.6 Å². The lowest BCUT2D eigenvalue weighted by molar-refractivity contribution is 0.115. The molecule has 27 heavy (non-hydrogen) atoms. The van der Waals surface area contributed by atoms with Crippen molar-refractivity contribution in [2.24, 2.45) is 16.8 Å². The average Bonchev–Trinajstić information content (AvgIpc) is 3.37. The number of rotatable bonds is 8.